The molecule has 11 heteroatoms. The fraction of sp³-hybridized carbons (Fsp3) is 0.429. The van der Waals surface area contributed by atoms with Crippen molar-refractivity contribution in [2.24, 2.45) is 0 Å². The SMILES string of the molecule is CCCCOC(=O)CN1C(=O)S/C(=C\c2cc(Cl)c(OCC(=O)OCC)c(OC)c2)C1=O. The molecule has 2 amide bonds. The first-order chi connectivity index (χ1) is 15.3. The van der Waals surface area contributed by atoms with E-state index in [9.17, 15) is 19.2 Å². The molecule has 2 rings (SSSR count). The lowest BCUT2D eigenvalue weighted by Crippen LogP contribution is -2.34. The minimum Gasteiger partial charge on any atom is -0.493 e. The van der Waals surface area contributed by atoms with E-state index >= 15 is 0 Å². The summed E-state index contributed by atoms with van der Waals surface area (Å²) in [7, 11) is 1.39. The zero-order valence-electron chi connectivity index (χ0n) is 18.0. The minimum atomic E-state index is -0.644. The Morgan fingerprint density at radius 2 is 1.91 bits per heavy atom. The van der Waals surface area contributed by atoms with Gasteiger partial charge in [0.25, 0.3) is 11.1 Å². The van der Waals surface area contributed by atoms with Gasteiger partial charge in [-0.15, -0.1) is 0 Å². The van der Waals surface area contributed by atoms with Gasteiger partial charge in [-0.1, -0.05) is 24.9 Å². The first-order valence-electron chi connectivity index (χ1n) is 9.87. The van der Waals surface area contributed by atoms with E-state index in [-0.39, 0.29) is 41.2 Å². The number of thioether (sulfide) groups is 1. The van der Waals surface area contributed by atoms with Crippen LogP contribution in [0.3, 0.4) is 0 Å². The fourth-order valence-corrected chi connectivity index (χ4v) is 3.70. The summed E-state index contributed by atoms with van der Waals surface area (Å²) in [4.78, 5) is 49.1. The second kappa shape index (κ2) is 12.4. The number of unbranched alkanes of at least 4 members (excludes halogenated alkanes) is 1. The van der Waals surface area contributed by atoms with Crippen molar-refractivity contribution in [3.05, 3.63) is 27.6 Å². The van der Waals surface area contributed by atoms with Gasteiger partial charge >= 0.3 is 11.9 Å². The van der Waals surface area contributed by atoms with Crippen molar-refractivity contribution in [1.82, 2.24) is 4.90 Å². The summed E-state index contributed by atoms with van der Waals surface area (Å²) in [6, 6.07) is 3.04. The number of amides is 2. The summed E-state index contributed by atoms with van der Waals surface area (Å²) in [6.07, 6.45) is 3.02. The quantitative estimate of drug-likeness (QED) is 0.263. The molecule has 0 spiro atoms. The van der Waals surface area contributed by atoms with E-state index in [4.69, 9.17) is 30.5 Å². The number of ether oxygens (including phenoxy) is 4. The molecule has 0 saturated carbocycles. The Kier molecular flexibility index (Phi) is 9.86. The summed E-state index contributed by atoms with van der Waals surface area (Å²) in [6.45, 7) is 3.29. The van der Waals surface area contributed by atoms with Crippen molar-refractivity contribution >= 4 is 52.5 Å². The number of imide groups is 1. The second-order valence-electron chi connectivity index (χ2n) is 6.47. The molecule has 1 aromatic rings. The summed E-state index contributed by atoms with van der Waals surface area (Å²) >= 11 is 6.97. The van der Waals surface area contributed by atoms with Gasteiger partial charge in [0.2, 0.25) is 0 Å². The molecule has 0 radical (unpaired) electrons. The highest BCUT2D eigenvalue weighted by atomic mass is 35.5. The van der Waals surface area contributed by atoms with Gasteiger partial charge in [0, 0.05) is 0 Å². The third-order valence-electron chi connectivity index (χ3n) is 4.11. The maximum absolute atomic E-state index is 12.6. The van der Waals surface area contributed by atoms with Crippen molar-refractivity contribution in [2.45, 2.75) is 26.7 Å². The second-order valence-corrected chi connectivity index (χ2v) is 7.87. The van der Waals surface area contributed by atoms with Crippen LogP contribution in [0.1, 0.15) is 32.3 Å². The number of esters is 2. The van der Waals surface area contributed by atoms with Crippen LogP contribution in [0.15, 0.2) is 17.0 Å². The lowest BCUT2D eigenvalue weighted by atomic mass is 10.1. The van der Waals surface area contributed by atoms with Crippen LogP contribution >= 0.6 is 23.4 Å². The molecule has 0 bridgehead atoms. The molecule has 0 unspecified atom stereocenters. The number of methoxy groups -OCH3 is 1. The van der Waals surface area contributed by atoms with Crippen LogP contribution in [-0.2, 0) is 23.9 Å². The van der Waals surface area contributed by atoms with Gasteiger partial charge < -0.3 is 18.9 Å². The number of benzene rings is 1. The Morgan fingerprint density at radius 1 is 1.16 bits per heavy atom. The number of hydrogen-bond acceptors (Lipinski definition) is 9. The molecule has 1 aliphatic rings. The van der Waals surface area contributed by atoms with Crippen LogP contribution in [0.5, 0.6) is 11.5 Å². The van der Waals surface area contributed by atoms with E-state index in [1.807, 2.05) is 6.92 Å². The van der Waals surface area contributed by atoms with Crippen LogP contribution in [0.4, 0.5) is 4.79 Å². The standard InChI is InChI=1S/C21H24ClNO8S/c1-4-6-7-30-17(24)11-23-20(26)16(32-21(23)27)10-13-8-14(22)19(15(9-13)28-3)31-12-18(25)29-5-2/h8-10H,4-7,11-12H2,1-3H3/b16-10-. The highest BCUT2D eigenvalue weighted by Gasteiger charge is 2.36. The monoisotopic (exact) mass is 485 g/mol. The number of hydrogen-bond donors (Lipinski definition) is 0. The van der Waals surface area contributed by atoms with Crippen LogP contribution in [0, 0.1) is 0 Å². The highest BCUT2D eigenvalue weighted by molar-refractivity contribution is 8.18. The lowest BCUT2D eigenvalue weighted by Gasteiger charge is -2.13. The molecule has 1 saturated heterocycles. The Labute approximate surface area is 194 Å². The molecule has 1 aliphatic heterocycles. The average molecular weight is 486 g/mol. The first kappa shape index (κ1) is 25.5. The zero-order chi connectivity index (χ0) is 23.7. The predicted octanol–water partition coefficient (Wildman–Crippen LogP) is 3.67. The molecule has 0 atom stereocenters. The maximum Gasteiger partial charge on any atom is 0.344 e. The predicted molar refractivity (Wildman–Crippen MR) is 119 cm³/mol. The number of halogens is 1. The molecular weight excluding hydrogens is 462 g/mol. The Hall–Kier alpha value is -2.72. The molecule has 0 N–H and O–H groups in total. The van der Waals surface area contributed by atoms with E-state index in [1.54, 1.807) is 13.0 Å². The minimum absolute atomic E-state index is 0.120. The summed E-state index contributed by atoms with van der Waals surface area (Å²) in [5.41, 5.74) is 0.464. The lowest BCUT2D eigenvalue weighted by molar-refractivity contribution is -0.146. The molecule has 1 aromatic carbocycles. The van der Waals surface area contributed by atoms with E-state index in [2.05, 4.69) is 0 Å². The van der Waals surface area contributed by atoms with Crippen molar-refractivity contribution < 1.29 is 38.1 Å². The van der Waals surface area contributed by atoms with Gasteiger partial charge in [0.1, 0.15) is 6.54 Å². The van der Waals surface area contributed by atoms with E-state index in [1.165, 1.54) is 19.3 Å². The first-order valence-corrected chi connectivity index (χ1v) is 11.1. The van der Waals surface area contributed by atoms with Gasteiger partial charge in [-0.2, -0.15) is 0 Å². The number of carbonyl (C=O) groups excluding carboxylic acids is 4. The van der Waals surface area contributed by atoms with Gasteiger partial charge in [0.05, 0.1) is 30.3 Å². The fourth-order valence-electron chi connectivity index (χ4n) is 2.59. The van der Waals surface area contributed by atoms with E-state index in [0.717, 1.165) is 11.3 Å². The van der Waals surface area contributed by atoms with Crippen LogP contribution in [0.2, 0.25) is 5.02 Å². The normalized spacial score (nSPS) is 14.6. The van der Waals surface area contributed by atoms with Gasteiger partial charge in [-0.3, -0.25) is 19.3 Å². The third-order valence-corrected chi connectivity index (χ3v) is 5.30. The van der Waals surface area contributed by atoms with Gasteiger partial charge in [0.15, 0.2) is 18.1 Å². The number of rotatable bonds is 11. The summed E-state index contributed by atoms with van der Waals surface area (Å²) in [5.74, 6) is -1.44. The van der Waals surface area contributed by atoms with E-state index < -0.39 is 29.6 Å². The van der Waals surface area contributed by atoms with Crippen molar-refractivity contribution in [3.8, 4) is 11.5 Å². The van der Waals surface area contributed by atoms with Gasteiger partial charge in [-0.05, 0) is 48.9 Å². The topological polar surface area (TPSA) is 108 Å². The number of nitrogens with zero attached hydrogens (tertiary/aromatic N) is 1. The molecule has 174 valence electrons. The molecule has 0 aliphatic carbocycles. The van der Waals surface area contributed by atoms with Crippen LogP contribution in [0.25, 0.3) is 6.08 Å². The Bertz CT molecular complexity index is 917. The highest BCUT2D eigenvalue weighted by Crippen LogP contribution is 2.39. The Balaban J connectivity index is 2.14. The molecule has 9 nitrogen and oxygen atoms in total. The Morgan fingerprint density at radius 3 is 2.56 bits per heavy atom. The van der Waals surface area contributed by atoms with Crippen molar-refractivity contribution in [1.29, 1.82) is 0 Å². The summed E-state index contributed by atoms with van der Waals surface area (Å²) < 4.78 is 20.5. The third kappa shape index (κ3) is 6.89. The molecule has 1 heterocycles. The van der Waals surface area contributed by atoms with Gasteiger partial charge in [-0.25, -0.2) is 4.79 Å². The molecule has 1 fully saturated rings. The van der Waals surface area contributed by atoms with Crippen LogP contribution in [-0.4, -0.2) is 61.5 Å². The smallest absolute Gasteiger partial charge is 0.344 e. The molecular formula is C21H24ClNO8S. The maximum atomic E-state index is 12.6. The largest absolute Gasteiger partial charge is 0.493 e. The van der Waals surface area contributed by atoms with Crippen LogP contribution < -0.4 is 9.47 Å². The van der Waals surface area contributed by atoms with Crippen molar-refractivity contribution in [3.63, 3.8) is 0 Å². The molecule has 0 aromatic heterocycles. The summed E-state index contributed by atoms with van der Waals surface area (Å²) in [5, 5.41) is -0.431. The average Bonchev–Trinajstić information content (AvgIpc) is 3.00. The zero-order valence-corrected chi connectivity index (χ0v) is 19.5. The number of carbonyl (C=O) groups is 4. The molecule has 32 heavy (non-hydrogen) atoms. The van der Waals surface area contributed by atoms with Crippen molar-refractivity contribution in [2.75, 3.05) is 33.5 Å². The van der Waals surface area contributed by atoms with E-state index in [0.29, 0.717) is 23.7 Å².